The zero-order valence-electron chi connectivity index (χ0n) is 11.4. The molecule has 2 rings (SSSR count). The van der Waals surface area contributed by atoms with Gasteiger partial charge in [-0.05, 0) is 30.5 Å². The van der Waals surface area contributed by atoms with Crippen molar-refractivity contribution in [3.8, 4) is 0 Å². The average Bonchev–Trinajstić information content (AvgIpc) is 3.18. The summed E-state index contributed by atoms with van der Waals surface area (Å²) in [4.78, 5) is 22.5. The fourth-order valence-electron chi connectivity index (χ4n) is 2.18. The molecular weight excluding hydrogens is 296 g/mol. The molecule has 1 aromatic carbocycles. The van der Waals surface area contributed by atoms with E-state index in [2.05, 4.69) is 5.32 Å². The van der Waals surface area contributed by atoms with Gasteiger partial charge in [-0.3, -0.25) is 9.59 Å². The fourth-order valence-corrected chi connectivity index (χ4v) is 3.05. The molecule has 0 aromatic heterocycles. The lowest BCUT2D eigenvalue weighted by atomic mass is 10.1. The Balaban J connectivity index is 2.19. The number of hydrogen-bond acceptors (Lipinski definition) is 4. The Morgan fingerprint density at radius 1 is 1.38 bits per heavy atom. The highest BCUT2D eigenvalue weighted by Crippen LogP contribution is 2.39. The Labute approximate surface area is 122 Å². The van der Waals surface area contributed by atoms with Crippen LogP contribution < -0.4 is 10.5 Å². The zero-order chi connectivity index (χ0) is 15.8. The molecule has 0 saturated heterocycles. The zero-order valence-corrected chi connectivity index (χ0v) is 12.2. The van der Waals surface area contributed by atoms with Gasteiger partial charge in [0.25, 0.3) is 0 Å². The van der Waals surface area contributed by atoms with Gasteiger partial charge in [0.15, 0.2) is 0 Å². The molecule has 1 aliphatic rings. The molecule has 7 nitrogen and oxygen atoms in total. The van der Waals surface area contributed by atoms with Gasteiger partial charge in [-0.2, -0.15) is 0 Å². The van der Waals surface area contributed by atoms with E-state index in [1.807, 2.05) is 0 Å². The number of carbonyl (C=O) groups excluding carboxylic acids is 1. The highest BCUT2D eigenvalue weighted by molar-refractivity contribution is 7.89. The van der Waals surface area contributed by atoms with Crippen LogP contribution in [0.2, 0.25) is 0 Å². The van der Waals surface area contributed by atoms with E-state index < -0.39 is 33.7 Å². The van der Waals surface area contributed by atoms with Crippen molar-refractivity contribution in [2.24, 2.45) is 17.0 Å². The third kappa shape index (κ3) is 3.40. The largest absolute Gasteiger partial charge is 0.481 e. The molecule has 114 valence electrons. The number of carboxylic acids is 1. The second kappa shape index (κ2) is 5.45. The topological polar surface area (TPSA) is 127 Å². The summed E-state index contributed by atoms with van der Waals surface area (Å²) in [6.07, 6.45) is 0.792. The van der Waals surface area contributed by atoms with E-state index in [1.165, 1.54) is 6.07 Å². The molecule has 1 aromatic rings. The van der Waals surface area contributed by atoms with Gasteiger partial charge < -0.3 is 10.4 Å². The van der Waals surface area contributed by atoms with Gasteiger partial charge in [0.2, 0.25) is 15.9 Å². The van der Waals surface area contributed by atoms with Gasteiger partial charge in [-0.1, -0.05) is 13.0 Å². The normalized spacial score (nSPS) is 20.9. The van der Waals surface area contributed by atoms with Crippen LogP contribution in [-0.2, 0) is 26.0 Å². The SMILES string of the molecule is CCc1ccc(NC(=O)C2CC2C(=O)O)cc1S(N)(=O)=O. The molecule has 21 heavy (non-hydrogen) atoms. The number of anilines is 1. The van der Waals surface area contributed by atoms with Crippen LogP contribution in [0.15, 0.2) is 23.1 Å². The highest BCUT2D eigenvalue weighted by atomic mass is 32.2. The van der Waals surface area contributed by atoms with E-state index in [9.17, 15) is 18.0 Å². The third-order valence-corrected chi connectivity index (χ3v) is 4.46. The van der Waals surface area contributed by atoms with Gasteiger partial charge in [-0.25, -0.2) is 13.6 Å². The second-order valence-electron chi connectivity index (χ2n) is 5.00. The first kappa shape index (κ1) is 15.5. The van der Waals surface area contributed by atoms with E-state index in [1.54, 1.807) is 19.1 Å². The molecule has 8 heteroatoms. The van der Waals surface area contributed by atoms with Crippen molar-refractivity contribution >= 4 is 27.6 Å². The van der Waals surface area contributed by atoms with E-state index in [4.69, 9.17) is 10.2 Å². The van der Waals surface area contributed by atoms with Crippen LogP contribution in [0.3, 0.4) is 0 Å². The van der Waals surface area contributed by atoms with Gasteiger partial charge in [0.1, 0.15) is 0 Å². The van der Waals surface area contributed by atoms with Crippen LogP contribution in [0.5, 0.6) is 0 Å². The van der Waals surface area contributed by atoms with E-state index in [0.717, 1.165) is 0 Å². The first-order chi connectivity index (χ1) is 9.74. The number of benzene rings is 1. The molecule has 1 aliphatic carbocycles. The monoisotopic (exact) mass is 312 g/mol. The number of carboxylic acid groups (broad SMARTS) is 1. The van der Waals surface area contributed by atoms with Crippen LogP contribution in [0, 0.1) is 11.8 Å². The molecule has 0 heterocycles. The fraction of sp³-hybridized carbons (Fsp3) is 0.385. The summed E-state index contributed by atoms with van der Waals surface area (Å²) in [5.41, 5.74) is 0.850. The molecule has 1 amide bonds. The summed E-state index contributed by atoms with van der Waals surface area (Å²) in [6.45, 7) is 1.80. The highest BCUT2D eigenvalue weighted by Gasteiger charge is 2.48. The van der Waals surface area contributed by atoms with Crippen LogP contribution in [0.25, 0.3) is 0 Å². The van der Waals surface area contributed by atoms with Crippen LogP contribution in [0.1, 0.15) is 18.9 Å². The number of carbonyl (C=O) groups is 2. The molecule has 0 bridgehead atoms. The van der Waals surface area contributed by atoms with Crippen molar-refractivity contribution in [1.82, 2.24) is 0 Å². The summed E-state index contributed by atoms with van der Waals surface area (Å²) in [6, 6.07) is 4.45. The average molecular weight is 312 g/mol. The Morgan fingerprint density at radius 2 is 2.05 bits per heavy atom. The number of nitrogens with two attached hydrogens (primary N) is 1. The molecule has 0 spiro atoms. The first-order valence-corrected chi connectivity index (χ1v) is 7.98. The van der Waals surface area contributed by atoms with Crippen molar-refractivity contribution in [3.63, 3.8) is 0 Å². The standard InChI is InChI=1S/C13H16N2O5S/c1-2-7-3-4-8(5-11(7)21(14,19)20)15-12(16)9-6-10(9)13(17)18/h3-5,9-10H,2,6H2,1H3,(H,15,16)(H,17,18)(H2,14,19,20). The molecule has 2 atom stereocenters. The maximum Gasteiger partial charge on any atom is 0.307 e. The first-order valence-electron chi connectivity index (χ1n) is 6.43. The number of amides is 1. The Bertz CT molecular complexity index is 699. The summed E-state index contributed by atoms with van der Waals surface area (Å²) in [7, 11) is -3.88. The maximum absolute atomic E-state index is 11.8. The molecule has 1 saturated carbocycles. The summed E-state index contributed by atoms with van der Waals surface area (Å²) in [5, 5.41) is 16.5. The van der Waals surface area contributed by atoms with Crippen molar-refractivity contribution in [2.45, 2.75) is 24.7 Å². The van der Waals surface area contributed by atoms with Gasteiger partial charge in [0, 0.05) is 5.69 Å². The lowest BCUT2D eigenvalue weighted by Gasteiger charge is -2.10. The minimum atomic E-state index is -3.88. The Kier molecular flexibility index (Phi) is 4.02. The van der Waals surface area contributed by atoms with E-state index in [-0.39, 0.29) is 10.6 Å². The third-order valence-electron chi connectivity index (χ3n) is 3.47. The number of hydrogen-bond donors (Lipinski definition) is 3. The Hall–Kier alpha value is -1.93. The number of aliphatic carboxylic acids is 1. The maximum atomic E-state index is 11.8. The predicted molar refractivity (Wildman–Crippen MR) is 75.1 cm³/mol. The van der Waals surface area contributed by atoms with E-state index >= 15 is 0 Å². The van der Waals surface area contributed by atoms with Crippen LogP contribution in [-0.4, -0.2) is 25.4 Å². The number of nitrogens with one attached hydrogen (secondary N) is 1. The number of aryl methyl sites for hydroxylation is 1. The quantitative estimate of drug-likeness (QED) is 0.732. The molecule has 0 aliphatic heterocycles. The lowest BCUT2D eigenvalue weighted by molar-refractivity contribution is -0.139. The van der Waals surface area contributed by atoms with Gasteiger partial charge in [0.05, 0.1) is 16.7 Å². The smallest absolute Gasteiger partial charge is 0.307 e. The minimum Gasteiger partial charge on any atom is -0.481 e. The minimum absolute atomic E-state index is 0.0339. The molecule has 4 N–H and O–H groups in total. The van der Waals surface area contributed by atoms with Crippen molar-refractivity contribution < 1.29 is 23.1 Å². The van der Waals surface area contributed by atoms with E-state index in [0.29, 0.717) is 18.4 Å². The van der Waals surface area contributed by atoms with Crippen LogP contribution >= 0.6 is 0 Å². The molecular formula is C13H16N2O5S. The van der Waals surface area contributed by atoms with Gasteiger partial charge >= 0.3 is 5.97 Å². The Morgan fingerprint density at radius 3 is 2.52 bits per heavy atom. The predicted octanol–water partition coefficient (Wildman–Crippen LogP) is 0.556. The van der Waals surface area contributed by atoms with Crippen molar-refractivity contribution in [3.05, 3.63) is 23.8 Å². The molecule has 0 radical (unpaired) electrons. The molecule has 1 fully saturated rings. The lowest BCUT2D eigenvalue weighted by Crippen LogP contribution is -2.18. The van der Waals surface area contributed by atoms with Crippen LogP contribution in [0.4, 0.5) is 5.69 Å². The molecule has 2 unspecified atom stereocenters. The number of sulfonamides is 1. The summed E-state index contributed by atoms with van der Waals surface area (Å²) >= 11 is 0. The summed E-state index contributed by atoms with van der Waals surface area (Å²) < 4.78 is 23.1. The van der Waals surface area contributed by atoms with Crippen molar-refractivity contribution in [2.75, 3.05) is 5.32 Å². The van der Waals surface area contributed by atoms with Gasteiger partial charge in [-0.15, -0.1) is 0 Å². The number of rotatable bonds is 5. The van der Waals surface area contributed by atoms with Crippen molar-refractivity contribution in [1.29, 1.82) is 0 Å². The second-order valence-corrected chi connectivity index (χ2v) is 6.53. The summed E-state index contributed by atoms with van der Waals surface area (Å²) in [5.74, 6) is -2.64. The number of primary sulfonamides is 1.